The first kappa shape index (κ1) is 12.9. The quantitative estimate of drug-likeness (QED) is 0.839. The van der Waals surface area contributed by atoms with Crippen LogP contribution in [-0.4, -0.2) is 16.8 Å². The molecule has 2 rings (SSSR count). The van der Waals surface area contributed by atoms with E-state index in [9.17, 15) is 4.79 Å². The summed E-state index contributed by atoms with van der Waals surface area (Å²) in [6.45, 7) is 5.80. The second-order valence-electron chi connectivity index (χ2n) is 5.20. The monoisotopic (exact) mass is 271 g/mol. The summed E-state index contributed by atoms with van der Waals surface area (Å²) in [6, 6.07) is 2.04. The van der Waals surface area contributed by atoms with Gasteiger partial charge in [0.25, 0.3) is 5.91 Å². The lowest BCUT2D eigenvalue weighted by atomic mass is 10.0. The molecule has 1 amide bonds. The number of carbonyl (C=O) groups excluding carboxylic acids is 1. The van der Waals surface area contributed by atoms with Crippen LogP contribution < -0.4 is 5.32 Å². The van der Waals surface area contributed by atoms with Gasteiger partial charge >= 0.3 is 0 Å². The number of alkyl halides is 1. The van der Waals surface area contributed by atoms with E-state index in [0.717, 1.165) is 17.7 Å². The number of amides is 1. The van der Waals surface area contributed by atoms with Crippen LogP contribution >= 0.6 is 22.9 Å². The largest absolute Gasteiger partial charge is 0.345 e. The van der Waals surface area contributed by atoms with Crippen molar-refractivity contribution in [3.8, 4) is 0 Å². The Hall–Kier alpha value is -0.540. The Kier molecular flexibility index (Phi) is 3.50. The fourth-order valence-corrected chi connectivity index (χ4v) is 3.10. The minimum absolute atomic E-state index is 0.00176. The molecule has 2 nitrogen and oxygen atoms in total. The number of thiophene rings is 1. The minimum atomic E-state index is -0.382. The maximum Gasteiger partial charge on any atom is 0.261 e. The van der Waals surface area contributed by atoms with E-state index < -0.39 is 0 Å². The Labute approximate surface area is 111 Å². The van der Waals surface area contributed by atoms with E-state index in [4.69, 9.17) is 11.6 Å². The maximum absolute atomic E-state index is 12.1. The smallest absolute Gasteiger partial charge is 0.261 e. The van der Waals surface area contributed by atoms with Crippen molar-refractivity contribution in [3.05, 3.63) is 21.4 Å². The number of halogens is 1. The summed E-state index contributed by atoms with van der Waals surface area (Å²) in [5.41, 5.74) is 0.976. The number of rotatable bonds is 3. The first-order valence-electron chi connectivity index (χ1n) is 5.98. The fraction of sp³-hybridized carbons (Fsp3) is 0.615. The molecule has 1 heterocycles. The van der Waals surface area contributed by atoms with E-state index in [-0.39, 0.29) is 16.8 Å². The van der Waals surface area contributed by atoms with Gasteiger partial charge in [-0.25, -0.2) is 0 Å². The fourth-order valence-electron chi connectivity index (χ4n) is 1.89. The number of nitrogens with one attached hydrogen (secondary N) is 1. The normalized spacial score (nSPS) is 16.7. The second kappa shape index (κ2) is 4.62. The van der Waals surface area contributed by atoms with Crippen molar-refractivity contribution in [2.45, 2.75) is 50.9 Å². The lowest BCUT2D eigenvalue weighted by molar-refractivity contribution is 0.0916. The maximum atomic E-state index is 12.1. The average molecular weight is 272 g/mol. The lowest BCUT2D eigenvalue weighted by Crippen LogP contribution is -2.48. The molecule has 1 atom stereocenters. The van der Waals surface area contributed by atoms with Crippen LogP contribution in [-0.2, 0) is 12.8 Å². The lowest BCUT2D eigenvalue weighted by Gasteiger charge is -2.28. The van der Waals surface area contributed by atoms with Crippen LogP contribution in [0.5, 0.6) is 0 Å². The molecule has 0 spiro atoms. The molecule has 0 bridgehead atoms. The number of hydrogen-bond acceptors (Lipinski definition) is 2. The summed E-state index contributed by atoms with van der Waals surface area (Å²) >= 11 is 7.69. The third kappa shape index (κ3) is 2.66. The summed E-state index contributed by atoms with van der Waals surface area (Å²) < 4.78 is 0. The zero-order valence-electron chi connectivity index (χ0n) is 10.5. The van der Waals surface area contributed by atoms with Crippen LogP contribution in [0, 0.1) is 0 Å². The second-order valence-corrected chi connectivity index (χ2v) is 7.00. The van der Waals surface area contributed by atoms with Crippen LogP contribution in [0.4, 0.5) is 0 Å². The summed E-state index contributed by atoms with van der Waals surface area (Å²) in [4.78, 5) is 14.3. The van der Waals surface area contributed by atoms with Crippen molar-refractivity contribution in [1.82, 2.24) is 5.32 Å². The third-order valence-electron chi connectivity index (χ3n) is 3.40. The summed E-state index contributed by atoms with van der Waals surface area (Å²) in [7, 11) is 0. The summed E-state index contributed by atoms with van der Waals surface area (Å²) in [5.74, 6) is 0.00176. The molecule has 0 saturated carbocycles. The minimum Gasteiger partial charge on any atom is -0.345 e. The molecular weight excluding hydrogens is 254 g/mol. The highest BCUT2D eigenvalue weighted by molar-refractivity contribution is 7.14. The number of hydrogen-bond donors (Lipinski definition) is 1. The first-order chi connectivity index (χ1) is 7.90. The van der Waals surface area contributed by atoms with E-state index in [1.807, 2.05) is 26.8 Å². The molecule has 4 heteroatoms. The van der Waals surface area contributed by atoms with Gasteiger partial charge in [0.05, 0.1) is 15.8 Å². The number of carbonyl (C=O) groups is 1. The zero-order valence-corrected chi connectivity index (χ0v) is 12.0. The average Bonchev–Trinajstić information content (AvgIpc) is 2.74. The van der Waals surface area contributed by atoms with Gasteiger partial charge in [0, 0.05) is 4.88 Å². The van der Waals surface area contributed by atoms with Gasteiger partial charge < -0.3 is 5.32 Å². The van der Waals surface area contributed by atoms with E-state index >= 15 is 0 Å². The molecule has 0 aromatic carbocycles. The molecule has 1 aromatic heterocycles. The third-order valence-corrected chi connectivity index (χ3v) is 5.18. The highest BCUT2D eigenvalue weighted by Crippen LogP contribution is 2.31. The van der Waals surface area contributed by atoms with E-state index in [1.54, 1.807) is 11.3 Å². The predicted octanol–water partition coefficient (Wildman–Crippen LogP) is 3.37. The highest BCUT2D eigenvalue weighted by Gasteiger charge is 2.28. The molecule has 0 aliphatic heterocycles. The number of fused-ring (bicyclic) bond motifs is 1. The van der Waals surface area contributed by atoms with E-state index in [0.29, 0.717) is 0 Å². The van der Waals surface area contributed by atoms with Crippen molar-refractivity contribution in [2.24, 2.45) is 0 Å². The molecule has 1 aliphatic carbocycles. The Balaban J connectivity index is 2.10. The summed E-state index contributed by atoms with van der Waals surface area (Å²) in [6.07, 6.45) is 3.48. The predicted molar refractivity (Wildman–Crippen MR) is 73.2 cm³/mol. The molecule has 0 radical (unpaired) electrons. The van der Waals surface area contributed by atoms with E-state index in [1.165, 1.54) is 16.9 Å². The van der Waals surface area contributed by atoms with Crippen molar-refractivity contribution in [2.75, 3.05) is 0 Å². The van der Waals surface area contributed by atoms with Crippen molar-refractivity contribution < 1.29 is 4.79 Å². The Morgan fingerprint density at radius 3 is 2.82 bits per heavy atom. The van der Waals surface area contributed by atoms with Crippen LogP contribution in [0.2, 0.25) is 0 Å². The van der Waals surface area contributed by atoms with Gasteiger partial charge in [0.1, 0.15) is 0 Å². The molecule has 17 heavy (non-hydrogen) atoms. The number of aryl methyl sites for hydroxylation is 2. The Morgan fingerprint density at radius 2 is 2.24 bits per heavy atom. The van der Waals surface area contributed by atoms with Gasteiger partial charge in [-0.05, 0) is 51.7 Å². The molecule has 1 aromatic rings. The first-order valence-corrected chi connectivity index (χ1v) is 7.23. The van der Waals surface area contributed by atoms with E-state index in [2.05, 4.69) is 5.32 Å². The highest BCUT2D eigenvalue weighted by atomic mass is 35.5. The van der Waals surface area contributed by atoms with Crippen molar-refractivity contribution in [1.29, 1.82) is 0 Å². The SMILES string of the molecule is CC(Cl)C(C)(C)NC(=O)c1cc2c(s1)CCC2. The zero-order chi connectivity index (χ0) is 12.6. The molecule has 1 aliphatic rings. The molecule has 94 valence electrons. The van der Waals surface area contributed by atoms with Gasteiger partial charge in [-0.3, -0.25) is 4.79 Å². The topological polar surface area (TPSA) is 29.1 Å². The van der Waals surface area contributed by atoms with Crippen molar-refractivity contribution in [3.63, 3.8) is 0 Å². The molecule has 1 unspecified atom stereocenters. The van der Waals surface area contributed by atoms with Crippen LogP contribution in [0.3, 0.4) is 0 Å². The van der Waals surface area contributed by atoms with Gasteiger partial charge in [-0.15, -0.1) is 22.9 Å². The van der Waals surface area contributed by atoms with Gasteiger partial charge in [-0.1, -0.05) is 0 Å². The summed E-state index contributed by atoms with van der Waals surface area (Å²) in [5, 5.41) is 2.90. The molecule has 0 fully saturated rings. The van der Waals surface area contributed by atoms with Gasteiger partial charge in [0.2, 0.25) is 0 Å². The molecule has 0 saturated heterocycles. The van der Waals surface area contributed by atoms with Crippen LogP contribution in [0.1, 0.15) is 47.3 Å². The Bertz CT molecular complexity index is 415. The molecule has 1 N–H and O–H groups in total. The van der Waals surface area contributed by atoms with Crippen LogP contribution in [0.15, 0.2) is 6.07 Å². The van der Waals surface area contributed by atoms with Gasteiger partial charge in [-0.2, -0.15) is 0 Å². The standard InChI is InChI=1S/C13H18ClNOS/c1-8(14)13(2,3)15-12(16)11-7-9-5-4-6-10(9)17-11/h7-8H,4-6H2,1-3H3,(H,15,16). The Morgan fingerprint density at radius 1 is 1.53 bits per heavy atom. The van der Waals surface area contributed by atoms with Crippen LogP contribution in [0.25, 0.3) is 0 Å². The van der Waals surface area contributed by atoms with Crippen molar-refractivity contribution >= 4 is 28.8 Å². The molecular formula is C13H18ClNOS. The van der Waals surface area contributed by atoms with Gasteiger partial charge in [0.15, 0.2) is 0 Å².